The monoisotopic (exact) mass is 283 g/mol. The van der Waals surface area contributed by atoms with E-state index in [1.54, 1.807) is 0 Å². The number of carbonyl (C=O) groups is 2. The number of aryl methyl sites for hydroxylation is 1. The smallest absolute Gasteiger partial charge is 0.331 e. The van der Waals surface area contributed by atoms with Crippen molar-refractivity contribution in [2.75, 3.05) is 0 Å². The quantitative estimate of drug-likeness (QED) is 0.696. The van der Waals surface area contributed by atoms with Crippen LogP contribution in [0.5, 0.6) is 0 Å². The number of carboxylic acids is 1. The maximum absolute atomic E-state index is 12.0. The molecule has 1 rings (SSSR count). The maximum atomic E-state index is 12.0. The first kappa shape index (κ1) is 15.7. The average molecular weight is 283 g/mol. The summed E-state index contributed by atoms with van der Waals surface area (Å²) in [4.78, 5) is 45.7. The van der Waals surface area contributed by atoms with Crippen LogP contribution in [0.1, 0.15) is 20.3 Å². The number of aromatic nitrogens is 2. The van der Waals surface area contributed by atoms with Crippen LogP contribution in [0.3, 0.4) is 0 Å². The third-order valence-electron chi connectivity index (χ3n) is 2.64. The lowest BCUT2D eigenvalue weighted by molar-refractivity contribution is -0.142. The molecule has 0 aliphatic carbocycles. The van der Waals surface area contributed by atoms with Crippen molar-refractivity contribution in [3.05, 3.63) is 33.1 Å². The second-order valence-corrected chi connectivity index (χ2v) is 4.33. The fourth-order valence-electron chi connectivity index (χ4n) is 1.75. The number of nitrogens with one attached hydrogen (secondary N) is 1. The van der Waals surface area contributed by atoms with Crippen molar-refractivity contribution in [1.29, 1.82) is 0 Å². The van der Waals surface area contributed by atoms with Gasteiger partial charge in [-0.25, -0.2) is 9.59 Å². The summed E-state index contributed by atoms with van der Waals surface area (Å²) < 4.78 is 2.14. The molecule has 0 bridgehead atoms. The highest BCUT2D eigenvalue weighted by Gasteiger charge is 2.21. The molecule has 0 radical (unpaired) electrons. The van der Waals surface area contributed by atoms with E-state index in [1.807, 2.05) is 6.92 Å². The number of amides is 1. The molecule has 1 aromatic heterocycles. The van der Waals surface area contributed by atoms with Gasteiger partial charge in [0.15, 0.2) is 0 Å². The van der Waals surface area contributed by atoms with E-state index in [0.29, 0.717) is 13.0 Å². The third-order valence-corrected chi connectivity index (χ3v) is 2.64. The van der Waals surface area contributed by atoms with Crippen molar-refractivity contribution >= 4 is 11.9 Å². The van der Waals surface area contributed by atoms with Gasteiger partial charge in [0.2, 0.25) is 5.91 Å². The van der Waals surface area contributed by atoms with Crippen LogP contribution in [-0.4, -0.2) is 32.2 Å². The number of hydrogen-bond acceptors (Lipinski definition) is 4. The van der Waals surface area contributed by atoms with E-state index in [1.165, 1.54) is 23.8 Å². The van der Waals surface area contributed by atoms with E-state index in [2.05, 4.69) is 5.32 Å². The Balaban J connectivity index is 3.15. The van der Waals surface area contributed by atoms with Gasteiger partial charge in [-0.3, -0.25) is 14.2 Å². The zero-order valence-corrected chi connectivity index (χ0v) is 11.3. The molecule has 0 aromatic carbocycles. The average Bonchev–Trinajstić information content (AvgIpc) is 2.36. The van der Waals surface area contributed by atoms with Crippen LogP contribution >= 0.6 is 0 Å². The van der Waals surface area contributed by atoms with E-state index in [4.69, 9.17) is 5.11 Å². The Morgan fingerprint density at radius 2 is 2.05 bits per heavy atom. The largest absolute Gasteiger partial charge is 0.480 e. The molecule has 0 aliphatic rings. The Labute approximate surface area is 114 Å². The molecule has 1 heterocycles. The summed E-state index contributed by atoms with van der Waals surface area (Å²) in [6.45, 7) is 3.06. The van der Waals surface area contributed by atoms with Gasteiger partial charge in [0.1, 0.15) is 6.04 Å². The lowest BCUT2D eigenvalue weighted by atomic mass is 10.3. The molecule has 0 aliphatic heterocycles. The van der Waals surface area contributed by atoms with Gasteiger partial charge in [0, 0.05) is 25.7 Å². The van der Waals surface area contributed by atoms with Crippen LogP contribution in [0, 0.1) is 0 Å². The van der Waals surface area contributed by atoms with Crippen LogP contribution in [0.2, 0.25) is 0 Å². The van der Waals surface area contributed by atoms with Crippen LogP contribution in [0.15, 0.2) is 21.9 Å². The van der Waals surface area contributed by atoms with Crippen LogP contribution < -0.4 is 16.6 Å². The zero-order valence-electron chi connectivity index (χ0n) is 11.3. The molecule has 0 saturated carbocycles. The number of carboxylic acid groups (broad SMARTS) is 1. The molecule has 1 amide bonds. The van der Waals surface area contributed by atoms with Crippen molar-refractivity contribution in [2.24, 2.45) is 0 Å². The van der Waals surface area contributed by atoms with E-state index >= 15 is 0 Å². The molecule has 0 saturated heterocycles. The van der Waals surface area contributed by atoms with Crippen molar-refractivity contribution < 1.29 is 14.7 Å². The Bertz CT molecular complexity index is 616. The zero-order chi connectivity index (χ0) is 15.3. The first-order valence-corrected chi connectivity index (χ1v) is 6.17. The Morgan fingerprint density at radius 3 is 2.55 bits per heavy atom. The number of hydrogen-bond donors (Lipinski definition) is 2. The minimum Gasteiger partial charge on any atom is -0.480 e. The van der Waals surface area contributed by atoms with Gasteiger partial charge in [-0.2, -0.15) is 0 Å². The summed E-state index contributed by atoms with van der Waals surface area (Å²) in [7, 11) is 0. The highest BCUT2D eigenvalue weighted by atomic mass is 16.4. The van der Waals surface area contributed by atoms with Gasteiger partial charge in [-0.05, 0) is 6.42 Å². The van der Waals surface area contributed by atoms with E-state index in [9.17, 15) is 19.2 Å². The van der Waals surface area contributed by atoms with Crippen LogP contribution in [0.4, 0.5) is 0 Å². The standard InChI is InChI=1S/C12H17N3O5/c1-3-5-14-6-4-10(17)15(12(14)20)7-9(11(18)19)13-8(2)16/h4,6,9H,3,5,7H2,1-2H3,(H,13,16)(H,18,19). The summed E-state index contributed by atoms with van der Waals surface area (Å²) in [6.07, 6.45) is 2.07. The van der Waals surface area contributed by atoms with E-state index in [0.717, 1.165) is 4.57 Å². The summed E-state index contributed by atoms with van der Waals surface area (Å²) in [6, 6.07) is -0.126. The SMILES string of the molecule is CCCn1ccc(=O)n(CC(NC(C)=O)C(=O)O)c1=O. The minimum atomic E-state index is -1.32. The van der Waals surface area contributed by atoms with Gasteiger partial charge in [0.05, 0.1) is 6.54 Å². The fourth-order valence-corrected chi connectivity index (χ4v) is 1.75. The maximum Gasteiger partial charge on any atom is 0.331 e. The van der Waals surface area contributed by atoms with Crippen LogP contribution in [-0.2, 0) is 22.7 Å². The van der Waals surface area contributed by atoms with Crippen molar-refractivity contribution in [2.45, 2.75) is 39.4 Å². The number of nitrogens with zero attached hydrogens (tertiary/aromatic N) is 2. The predicted octanol–water partition coefficient (Wildman–Crippen LogP) is -0.991. The first-order chi connectivity index (χ1) is 9.36. The number of aliphatic carboxylic acids is 1. The molecular weight excluding hydrogens is 266 g/mol. The van der Waals surface area contributed by atoms with Gasteiger partial charge < -0.3 is 15.0 Å². The van der Waals surface area contributed by atoms with E-state index < -0.39 is 35.7 Å². The summed E-state index contributed by atoms with van der Waals surface area (Å²) in [5, 5.41) is 11.2. The van der Waals surface area contributed by atoms with Crippen LogP contribution in [0.25, 0.3) is 0 Å². The lowest BCUT2D eigenvalue weighted by Crippen LogP contribution is -2.49. The molecule has 1 aromatic rings. The summed E-state index contributed by atoms with van der Waals surface area (Å²) >= 11 is 0. The third kappa shape index (κ3) is 3.81. The van der Waals surface area contributed by atoms with Crippen molar-refractivity contribution in [1.82, 2.24) is 14.5 Å². The molecule has 1 atom stereocenters. The molecule has 0 spiro atoms. The lowest BCUT2D eigenvalue weighted by Gasteiger charge is -2.15. The van der Waals surface area contributed by atoms with Gasteiger partial charge >= 0.3 is 11.7 Å². The minimum absolute atomic E-state index is 0.406. The molecule has 0 fully saturated rings. The second-order valence-electron chi connectivity index (χ2n) is 4.33. The highest BCUT2D eigenvalue weighted by molar-refractivity contribution is 5.81. The van der Waals surface area contributed by atoms with E-state index in [-0.39, 0.29) is 0 Å². The van der Waals surface area contributed by atoms with Crippen molar-refractivity contribution in [3.8, 4) is 0 Å². The van der Waals surface area contributed by atoms with Crippen molar-refractivity contribution in [3.63, 3.8) is 0 Å². The molecule has 110 valence electrons. The molecule has 8 nitrogen and oxygen atoms in total. The number of carbonyl (C=O) groups excluding carboxylic acids is 1. The molecule has 1 unspecified atom stereocenters. The fraction of sp³-hybridized carbons (Fsp3) is 0.500. The Hall–Kier alpha value is -2.38. The topological polar surface area (TPSA) is 110 Å². The predicted molar refractivity (Wildman–Crippen MR) is 70.5 cm³/mol. The normalized spacial score (nSPS) is 11.9. The van der Waals surface area contributed by atoms with Gasteiger partial charge in [-0.15, -0.1) is 0 Å². The molecule has 2 N–H and O–H groups in total. The Morgan fingerprint density at radius 1 is 1.40 bits per heavy atom. The highest BCUT2D eigenvalue weighted by Crippen LogP contribution is 1.90. The molecular formula is C12H17N3O5. The Kier molecular flexibility index (Phi) is 5.24. The molecule has 20 heavy (non-hydrogen) atoms. The molecule has 8 heteroatoms. The number of rotatable bonds is 6. The first-order valence-electron chi connectivity index (χ1n) is 6.17. The van der Waals surface area contributed by atoms with Gasteiger partial charge in [0.25, 0.3) is 5.56 Å². The summed E-state index contributed by atoms with van der Waals surface area (Å²) in [5.41, 5.74) is -1.19. The van der Waals surface area contributed by atoms with Gasteiger partial charge in [-0.1, -0.05) is 6.92 Å². The summed E-state index contributed by atoms with van der Waals surface area (Å²) in [5.74, 6) is -1.85. The second kappa shape index (κ2) is 6.69.